The van der Waals surface area contributed by atoms with E-state index in [1.165, 1.54) is 0 Å². The van der Waals surface area contributed by atoms with E-state index in [9.17, 15) is 9.59 Å². The van der Waals surface area contributed by atoms with Gasteiger partial charge in [-0.3, -0.25) is 14.5 Å². The van der Waals surface area contributed by atoms with E-state index in [0.29, 0.717) is 40.4 Å². The monoisotopic (exact) mass is 449 g/mol. The Bertz CT molecular complexity index is 903. The number of carbonyl (C=O) groups is 2. The van der Waals surface area contributed by atoms with Crippen LogP contribution >= 0.6 is 35.4 Å². The standard InChI is InChI=1S/C21H21Cl2N3O2S/c1-2-25-20(28)18(13-19(27)24-17-9-7-16(23)8-10-17)26(21(25)29)12-11-14-3-5-15(22)6-4-14/h3-10,18H,2,11-13H2,1H3,(H,24,27)/t18-/m1/s1. The predicted octanol–water partition coefficient (Wildman–Crippen LogP) is 4.38. The molecule has 1 saturated heterocycles. The number of hydrogen-bond donors (Lipinski definition) is 1. The Hall–Kier alpha value is -2.15. The number of carbonyl (C=O) groups excluding carboxylic acids is 2. The maximum absolute atomic E-state index is 12.8. The minimum absolute atomic E-state index is 0.0265. The Morgan fingerprint density at radius 1 is 1.07 bits per heavy atom. The maximum atomic E-state index is 12.8. The van der Waals surface area contributed by atoms with Crippen molar-refractivity contribution in [2.24, 2.45) is 0 Å². The van der Waals surface area contributed by atoms with Crippen LogP contribution in [0.4, 0.5) is 5.69 Å². The minimum Gasteiger partial charge on any atom is -0.336 e. The fourth-order valence-electron chi connectivity index (χ4n) is 3.26. The lowest BCUT2D eigenvalue weighted by atomic mass is 10.1. The van der Waals surface area contributed by atoms with Crippen LogP contribution in [0.3, 0.4) is 0 Å². The fourth-order valence-corrected chi connectivity index (χ4v) is 3.95. The van der Waals surface area contributed by atoms with Crippen molar-refractivity contribution in [3.8, 4) is 0 Å². The lowest BCUT2D eigenvalue weighted by molar-refractivity contribution is -0.130. The molecule has 8 heteroatoms. The molecule has 1 aliphatic rings. The van der Waals surface area contributed by atoms with Gasteiger partial charge in [0.2, 0.25) is 5.91 Å². The Morgan fingerprint density at radius 3 is 2.24 bits per heavy atom. The quantitative estimate of drug-likeness (QED) is 0.637. The molecule has 0 aromatic heterocycles. The SMILES string of the molecule is CCN1C(=O)[C@@H](CC(=O)Nc2ccc(Cl)cc2)N(CCc2ccc(Cl)cc2)C1=S. The van der Waals surface area contributed by atoms with E-state index >= 15 is 0 Å². The predicted molar refractivity (Wildman–Crippen MR) is 120 cm³/mol. The normalized spacial score (nSPS) is 16.4. The Labute approximate surface area is 185 Å². The van der Waals surface area contributed by atoms with Crippen LogP contribution in [0, 0.1) is 0 Å². The molecule has 5 nitrogen and oxygen atoms in total. The number of likely N-dealkylation sites (N-methyl/N-ethyl adjacent to an activating group) is 1. The molecule has 0 radical (unpaired) electrons. The van der Waals surface area contributed by atoms with Crippen LogP contribution in [0.5, 0.6) is 0 Å². The molecule has 1 fully saturated rings. The van der Waals surface area contributed by atoms with Crippen molar-refractivity contribution < 1.29 is 9.59 Å². The highest BCUT2D eigenvalue weighted by Gasteiger charge is 2.42. The molecular weight excluding hydrogens is 429 g/mol. The third-order valence-corrected chi connectivity index (χ3v) is 5.74. The minimum atomic E-state index is -0.609. The van der Waals surface area contributed by atoms with Crippen molar-refractivity contribution in [1.82, 2.24) is 9.80 Å². The number of thiocarbonyl (C=S) groups is 1. The lowest BCUT2D eigenvalue weighted by Crippen LogP contribution is -2.39. The summed E-state index contributed by atoms with van der Waals surface area (Å²) < 4.78 is 0. The van der Waals surface area contributed by atoms with Gasteiger partial charge in [-0.05, 0) is 67.5 Å². The molecule has 0 aliphatic carbocycles. The van der Waals surface area contributed by atoms with E-state index in [2.05, 4.69) is 5.32 Å². The van der Waals surface area contributed by atoms with Crippen molar-refractivity contribution >= 4 is 58.0 Å². The van der Waals surface area contributed by atoms with E-state index in [1.54, 1.807) is 29.2 Å². The summed E-state index contributed by atoms with van der Waals surface area (Å²) in [5, 5.41) is 4.54. The summed E-state index contributed by atoms with van der Waals surface area (Å²) >= 11 is 17.3. The van der Waals surface area contributed by atoms with Gasteiger partial charge in [-0.1, -0.05) is 35.3 Å². The van der Waals surface area contributed by atoms with Crippen molar-refractivity contribution in [3.63, 3.8) is 0 Å². The zero-order valence-electron chi connectivity index (χ0n) is 15.9. The number of benzene rings is 2. The first-order valence-electron chi connectivity index (χ1n) is 9.31. The van der Waals surface area contributed by atoms with Crippen molar-refractivity contribution in [1.29, 1.82) is 0 Å². The van der Waals surface area contributed by atoms with Crippen molar-refractivity contribution in [2.45, 2.75) is 25.8 Å². The van der Waals surface area contributed by atoms with Crippen molar-refractivity contribution in [3.05, 3.63) is 64.1 Å². The Kier molecular flexibility index (Phi) is 7.11. The smallest absolute Gasteiger partial charge is 0.252 e. The summed E-state index contributed by atoms with van der Waals surface area (Å²) in [6.45, 7) is 2.89. The summed E-state index contributed by atoms with van der Waals surface area (Å²) in [7, 11) is 0. The zero-order chi connectivity index (χ0) is 21.0. The maximum Gasteiger partial charge on any atom is 0.252 e. The summed E-state index contributed by atoms with van der Waals surface area (Å²) in [5.74, 6) is -0.386. The van der Waals surface area contributed by atoms with Gasteiger partial charge in [0.05, 0.1) is 6.42 Å². The fraction of sp³-hybridized carbons (Fsp3) is 0.286. The number of nitrogens with zero attached hydrogens (tertiary/aromatic N) is 2. The van der Waals surface area contributed by atoms with Gasteiger partial charge in [-0.25, -0.2) is 0 Å². The molecule has 0 spiro atoms. The molecule has 1 aliphatic heterocycles. The third-order valence-electron chi connectivity index (χ3n) is 4.78. The second kappa shape index (κ2) is 9.57. The van der Waals surface area contributed by atoms with Crippen LogP contribution in [0.15, 0.2) is 48.5 Å². The molecule has 0 unspecified atom stereocenters. The van der Waals surface area contributed by atoms with E-state index < -0.39 is 6.04 Å². The van der Waals surface area contributed by atoms with Crippen LogP contribution in [0.2, 0.25) is 10.0 Å². The first kappa shape index (κ1) is 21.6. The van der Waals surface area contributed by atoms with Crippen LogP contribution in [-0.2, 0) is 16.0 Å². The van der Waals surface area contributed by atoms with Gasteiger partial charge in [0.15, 0.2) is 5.11 Å². The molecular formula is C21H21Cl2N3O2S. The number of halogens is 2. The van der Waals surface area contributed by atoms with E-state index in [-0.39, 0.29) is 18.2 Å². The number of anilines is 1. The summed E-state index contributed by atoms with van der Waals surface area (Å²) in [4.78, 5) is 28.8. The molecule has 3 rings (SSSR count). The van der Waals surface area contributed by atoms with Gasteiger partial charge in [0, 0.05) is 28.8 Å². The first-order valence-corrected chi connectivity index (χ1v) is 10.5. The highest BCUT2D eigenvalue weighted by atomic mass is 35.5. The van der Waals surface area contributed by atoms with Gasteiger partial charge in [0.1, 0.15) is 6.04 Å². The molecule has 29 heavy (non-hydrogen) atoms. The first-order chi connectivity index (χ1) is 13.9. The number of nitrogens with one attached hydrogen (secondary N) is 1. The Balaban J connectivity index is 1.69. The summed E-state index contributed by atoms with van der Waals surface area (Å²) in [6, 6.07) is 13.8. The molecule has 0 bridgehead atoms. The Morgan fingerprint density at radius 2 is 1.66 bits per heavy atom. The molecule has 2 aromatic rings. The molecule has 1 N–H and O–H groups in total. The van der Waals surface area contributed by atoms with Gasteiger partial charge >= 0.3 is 0 Å². The average Bonchev–Trinajstić information content (AvgIpc) is 2.92. The molecule has 1 heterocycles. The number of rotatable bonds is 7. The molecule has 152 valence electrons. The van der Waals surface area contributed by atoms with Gasteiger partial charge < -0.3 is 10.2 Å². The second-order valence-electron chi connectivity index (χ2n) is 6.71. The lowest BCUT2D eigenvalue weighted by Gasteiger charge is -2.23. The summed E-state index contributed by atoms with van der Waals surface area (Å²) in [5.41, 5.74) is 1.72. The second-order valence-corrected chi connectivity index (χ2v) is 7.95. The number of hydrogen-bond acceptors (Lipinski definition) is 3. The topological polar surface area (TPSA) is 52.7 Å². The summed E-state index contributed by atoms with van der Waals surface area (Å²) in [6.07, 6.45) is 0.718. The van der Waals surface area contributed by atoms with Crippen LogP contribution in [0.1, 0.15) is 18.9 Å². The van der Waals surface area contributed by atoms with Crippen LogP contribution < -0.4 is 5.32 Å². The van der Waals surface area contributed by atoms with Crippen molar-refractivity contribution in [2.75, 3.05) is 18.4 Å². The largest absolute Gasteiger partial charge is 0.336 e. The highest BCUT2D eigenvalue weighted by Crippen LogP contribution is 2.22. The van der Waals surface area contributed by atoms with Crippen LogP contribution in [-0.4, -0.2) is 45.9 Å². The third kappa shape index (κ3) is 5.26. The van der Waals surface area contributed by atoms with Gasteiger partial charge in [0.25, 0.3) is 5.91 Å². The number of amides is 2. The molecule has 2 amide bonds. The molecule has 0 saturated carbocycles. The highest BCUT2D eigenvalue weighted by molar-refractivity contribution is 7.80. The van der Waals surface area contributed by atoms with E-state index in [0.717, 1.165) is 5.56 Å². The van der Waals surface area contributed by atoms with E-state index in [1.807, 2.05) is 36.1 Å². The zero-order valence-corrected chi connectivity index (χ0v) is 18.2. The molecule has 2 aromatic carbocycles. The molecule has 1 atom stereocenters. The van der Waals surface area contributed by atoms with E-state index in [4.69, 9.17) is 35.4 Å². The van der Waals surface area contributed by atoms with Gasteiger partial charge in [-0.2, -0.15) is 0 Å². The van der Waals surface area contributed by atoms with Gasteiger partial charge in [-0.15, -0.1) is 0 Å². The average molecular weight is 450 g/mol. The van der Waals surface area contributed by atoms with Crippen LogP contribution in [0.25, 0.3) is 0 Å².